The van der Waals surface area contributed by atoms with Crippen molar-refractivity contribution in [1.82, 2.24) is 0 Å². The second-order valence-corrected chi connectivity index (χ2v) is 4.45. The Balaban J connectivity index is 2.45. The highest BCUT2D eigenvalue weighted by Gasteiger charge is 2.32. The summed E-state index contributed by atoms with van der Waals surface area (Å²) in [5.74, 6) is 0.541. The molecule has 78 valence electrons. The molecule has 0 amide bonds. The zero-order valence-corrected chi connectivity index (χ0v) is 8.62. The summed E-state index contributed by atoms with van der Waals surface area (Å²) in [5, 5.41) is 8.97. The maximum absolute atomic E-state index is 8.97. The first-order chi connectivity index (χ1) is 6.02. The lowest BCUT2D eigenvalue weighted by molar-refractivity contribution is -0.192. The molecular weight excluding hydrogens is 166 g/mol. The van der Waals surface area contributed by atoms with Gasteiger partial charge in [-0.2, -0.15) is 0 Å². The van der Waals surface area contributed by atoms with E-state index in [2.05, 4.69) is 0 Å². The van der Waals surface area contributed by atoms with Crippen LogP contribution in [0.2, 0.25) is 0 Å². The molecule has 0 spiro atoms. The van der Waals surface area contributed by atoms with Crippen molar-refractivity contribution in [1.29, 1.82) is 0 Å². The molecule has 1 atom stereocenters. The van der Waals surface area contributed by atoms with Gasteiger partial charge in [-0.15, -0.1) is 0 Å². The van der Waals surface area contributed by atoms with Crippen LogP contribution >= 0.6 is 0 Å². The Hall–Kier alpha value is -0.120. The molecule has 0 heterocycles. The molecule has 1 rings (SSSR count). The number of ether oxygens (including phenoxy) is 1. The summed E-state index contributed by atoms with van der Waals surface area (Å²) >= 11 is 0. The fraction of sp³-hybridized carbons (Fsp3) is 1.00. The number of aliphatic hydroxyl groups is 1. The first-order valence-electron chi connectivity index (χ1n) is 5.14. The van der Waals surface area contributed by atoms with Gasteiger partial charge in [-0.05, 0) is 32.6 Å². The highest BCUT2D eigenvalue weighted by atomic mass is 16.6. The third-order valence-corrected chi connectivity index (χ3v) is 3.01. The molecule has 0 aromatic rings. The molecule has 3 nitrogen and oxygen atoms in total. The van der Waals surface area contributed by atoms with Crippen LogP contribution in [0.4, 0.5) is 0 Å². The smallest absolute Gasteiger partial charge is 0.211 e. The van der Waals surface area contributed by atoms with Crippen molar-refractivity contribution in [2.45, 2.75) is 58.0 Å². The van der Waals surface area contributed by atoms with Gasteiger partial charge >= 0.3 is 0 Å². The summed E-state index contributed by atoms with van der Waals surface area (Å²) in [6.07, 6.45) is 5.13. The third-order valence-electron chi connectivity index (χ3n) is 3.01. The Kier molecular flexibility index (Phi) is 3.71. The van der Waals surface area contributed by atoms with Crippen molar-refractivity contribution in [3.8, 4) is 0 Å². The van der Waals surface area contributed by atoms with E-state index >= 15 is 0 Å². The lowest BCUT2D eigenvalue weighted by atomic mass is 9.79. The van der Waals surface area contributed by atoms with E-state index in [-0.39, 0.29) is 5.60 Å². The van der Waals surface area contributed by atoms with Crippen molar-refractivity contribution in [2.24, 2.45) is 11.7 Å². The van der Waals surface area contributed by atoms with E-state index in [0.29, 0.717) is 5.92 Å². The molecule has 1 aliphatic rings. The molecule has 13 heavy (non-hydrogen) atoms. The Labute approximate surface area is 80.3 Å². The van der Waals surface area contributed by atoms with Crippen LogP contribution in [0.1, 0.15) is 46.0 Å². The van der Waals surface area contributed by atoms with E-state index in [1.165, 1.54) is 32.1 Å². The first-order valence-corrected chi connectivity index (χ1v) is 5.14. The minimum Gasteiger partial charge on any atom is -0.356 e. The molecule has 1 aliphatic carbocycles. The minimum atomic E-state index is -1.14. The maximum Gasteiger partial charge on any atom is 0.211 e. The van der Waals surface area contributed by atoms with Crippen LogP contribution in [0.25, 0.3) is 0 Å². The average Bonchev–Trinajstić information content (AvgIpc) is 2.04. The largest absolute Gasteiger partial charge is 0.356 e. The van der Waals surface area contributed by atoms with Crippen molar-refractivity contribution >= 4 is 0 Å². The predicted octanol–water partition coefficient (Wildman–Crippen LogP) is 1.60. The lowest BCUT2D eigenvalue weighted by Gasteiger charge is -2.37. The second kappa shape index (κ2) is 4.40. The summed E-state index contributed by atoms with van der Waals surface area (Å²) in [7, 11) is 0. The van der Waals surface area contributed by atoms with Gasteiger partial charge in [0.2, 0.25) is 6.41 Å². The Bertz CT molecular complexity index is 151. The number of rotatable bonds is 3. The van der Waals surface area contributed by atoms with Crippen LogP contribution in [0.3, 0.4) is 0 Å². The Morgan fingerprint density at radius 3 is 2.31 bits per heavy atom. The van der Waals surface area contributed by atoms with E-state index in [1.54, 1.807) is 0 Å². The van der Waals surface area contributed by atoms with Crippen LogP contribution in [0, 0.1) is 5.92 Å². The van der Waals surface area contributed by atoms with Gasteiger partial charge in [-0.1, -0.05) is 19.3 Å². The van der Waals surface area contributed by atoms with Crippen LogP contribution < -0.4 is 5.73 Å². The summed E-state index contributed by atoms with van der Waals surface area (Å²) < 4.78 is 5.31. The SMILES string of the molecule is CC(C)(O[C@@H](N)O)C1CCCCC1. The van der Waals surface area contributed by atoms with Gasteiger partial charge in [0.15, 0.2) is 0 Å². The fourth-order valence-electron chi connectivity index (χ4n) is 2.21. The highest BCUT2D eigenvalue weighted by Crippen LogP contribution is 2.34. The minimum absolute atomic E-state index is 0.283. The molecule has 0 aliphatic heterocycles. The molecule has 0 radical (unpaired) electrons. The molecule has 3 N–H and O–H groups in total. The first kappa shape index (κ1) is 11.0. The van der Waals surface area contributed by atoms with Crippen LogP contribution in [0.15, 0.2) is 0 Å². The van der Waals surface area contributed by atoms with Gasteiger partial charge in [0, 0.05) is 0 Å². The van der Waals surface area contributed by atoms with E-state index in [9.17, 15) is 0 Å². The molecular formula is C10H21NO2. The topological polar surface area (TPSA) is 55.5 Å². The standard InChI is InChI=1S/C10H21NO2/c1-10(2,13-9(11)12)8-6-4-3-5-7-8/h8-9,12H,3-7,11H2,1-2H3/t9-/m0/s1. The predicted molar refractivity (Wildman–Crippen MR) is 51.9 cm³/mol. The normalized spacial score (nSPS) is 23.1. The monoisotopic (exact) mass is 187 g/mol. The van der Waals surface area contributed by atoms with Gasteiger partial charge in [0.1, 0.15) is 0 Å². The van der Waals surface area contributed by atoms with Gasteiger partial charge in [-0.25, -0.2) is 0 Å². The Morgan fingerprint density at radius 2 is 1.85 bits per heavy atom. The summed E-state index contributed by atoms with van der Waals surface area (Å²) in [6, 6.07) is 0. The van der Waals surface area contributed by atoms with Gasteiger partial charge < -0.3 is 9.84 Å². The summed E-state index contributed by atoms with van der Waals surface area (Å²) in [5.41, 5.74) is 4.94. The maximum atomic E-state index is 8.97. The van der Waals surface area contributed by atoms with Gasteiger partial charge in [-0.3, -0.25) is 5.73 Å². The number of hydrogen-bond donors (Lipinski definition) is 2. The third kappa shape index (κ3) is 3.25. The van der Waals surface area contributed by atoms with Crippen molar-refractivity contribution < 1.29 is 9.84 Å². The molecule has 0 aromatic carbocycles. The van der Waals surface area contributed by atoms with E-state index in [4.69, 9.17) is 15.6 Å². The number of nitrogens with two attached hydrogens (primary N) is 1. The average molecular weight is 187 g/mol. The van der Waals surface area contributed by atoms with Crippen molar-refractivity contribution in [3.63, 3.8) is 0 Å². The molecule has 3 heteroatoms. The van der Waals surface area contributed by atoms with Crippen LogP contribution in [0.5, 0.6) is 0 Å². The van der Waals surface area contributed by atoms with E-state index < -0.39 is 6.41 Å². The van der Waals surface area contributed by atoms with Crippen LogP contribution in [-0.2, 0) is 4.74 Å². The molecule has 0 bridgehead atoms. The lowest BCUT2D eigenvalue weighted by Crippen LogP contribution is -2.42. The molecule has 1 saturated carbocycles. The summed E-state index contributed by atoms with van der Waals surface area (Å²) in [6.45, 7) is 4.03. The van der Waals surface area contributed by atoms with Crippen LogP contribution in [-0.4, -0.2) is 17.1 Å². The van der Waals surface area contributed by atoms with Crippen molar-refractivity contribution in [3.05, 3.63) is 0 Å². The molecule has 0 unspecified atom stereocenters. The van der Waals surface area contributed by atoms with E-state index in [0.717, 1.165) is 0 Å². The summed E-state index contributed by atoms with van der Waals surface area (Å²) in [4.78, 5) is 0. The van der Waals surface area contributed by atoms with Crippen molar-refractivity contribution in [2.75, 3.05) is 0 Å². The molecule has 0 aromatic heterocycles. The highest BCUT2D eigenvalue weighted by molar-refractivity contribution is 4.82. The number of hydrogen-bond acceptors (Lipinski definition) is 3. The second-order valence-electron chi connectivity index (χ2n) is 4.45. The molecule has 0 saturated heterocycles. The fourth-order valence-corrected chi connectivity index (χ4v) is 2.21. The van der Waals surface area contributed by atoms with E-state index in [1.807, 2.05) is 13.8 Å². The number of aliphatic hydroxyl groups excluding tert-OH is 1. The quantitative estimate of drug-likeness (QED) is 0.660. The van der Waals surface area contributed by atoms with Gasteiger partial charge in [0.25, 0.3) is 0 Å². The molecule has 1 fully saturated rings. The van der Waals surface area contributed by atoms with Gasteiger partial charge in [0.05, 0.1) is 5.60 Å². The Morgan fingerprint density at radius 1 is 1.31 bits per heavy atom. The zero-order chi connectivity index (χ0) is 9.90. The zero-order valence-electron chi connectivity index (χ0n) is 8.62.